The summed E-state index contributed by atoms with van der Waals surface area (Å²) in [5, 5.41) is 3.56. The highest BCUT2D eigenvalue weighted by Gasteiger charge is 2.15. The normalized spacial score (nSPS) is 15.3. The summed E-state index contributed by atoms with van der Waals surface area (Å²) < 4.78 is 5.32. The van der Waals surface area contributed by atoms with Gasteiger partial charge in [0, 0.05) is 37.5 Å². The first kappa shape index (κ1) is 17.0. The molecule has 1 aliphatic heterocycles. The Morgan fingerprint density at radius 2 is 2.00 bits per heavy atom. The molecule has 5 nitrogen and oxygen atoms in total. The van der Waals surface area contributed by atoms with E-state index in [0.717, 1.165) is 44.1 Å². The van der Waals surface area contributed by atoms with Gasteiger partial charge in [-0.1, -0.05) is 30.3 Å². The molecule has 0 saturated carbocycles. The standard InChI is InChI=1S/C18H23N3O2S/c19-17-16(13-15(24-17)12-14-4-2-1-3-5-14)18(22)20-6-7-21-8-10-23-11-9-21/h1-5,13H,6-12,19H2,(H,20,22). The summed E-state index contributed by atoms with van der Waals surface area (Å²) in [4.78, 5) is 15.7. The molecule has 1 fully saturated rings. The number of morpholine rings is 1. The van der Waals surface area contributed by atoms with Crippen LogP contribution in [-0.2, 0) is 11.2 Å². The smallest absolute Gasteiger partial charge is 0.254 e. The van der Waals surface area contributed by atoms with Crippen molar-refractivity contribution in [2.75, 3.05) is 45.1 Å². The molecular formula is C18H23N3O2S. The number of hydrogen-bond donors (Lipinski definition) is 2. The molecule has 1 aromatic carbocycles. The molecule has 2 aromatic rings. The largest absolute Gasteiger partial charge is 0.390 e. The van der Waals surface area contributed by atoms with E-state index in [0.29, 0.717) is 17.1 Å². The molecule has 3 N–H and O–H groups in total. The fraction of sp³-hybridized carbons (Fsp3) is 0.389. The Balaban J connectivity index is 1.53. The zero-order valence-corrected chi connectivity index (χ0v) is 14.5. The maximum Gasteiger partial charge on any atom is 0.254 e. The van der Waals surface area contributed by atoms with Crippen LogP contribution in [0.4, 0.5) is 5.00 Å². The van der Waals surface area contributed by atoms with Crippen LogP contribution in [0.3, 0.4) is 0 Å². The topological polar surface area (TPSA) is 67.6 Å². The second kappa shape index (κ2) is 8.28. The third-order valence-electron chi connectivity index (χ3n) is 4.09. The summed E-state index contributed by atoms with van der Waals surface area (Å²) >= 11 is 1.49. The number of nitrogen functional groups attached to an aromatic ring is 1. The Bertz CT molecular complexity index is 666. The van der Waals surface area contributed by atoms with Gasteiger partial charge >= 0.3 is 0 Å². The Kier molecular flexibility index (Phi) is 5.85. The van der Waals surface area contributed by atoms with E-state index >= 15 is 0 Å². The van der Waals surface area contributed by atoms with Gasteiger partial charge in [0.05, 0.1) is 23.8 Å². The number of nitrogens with zero attached hydrogens (tertiary/aromatic N) is 1. The van der Waals surface area contributed by atoms with E-state index in [2.05, 4.69) is 22.3 Å². The average molecular weight is 345 g/mol. The van der Waals surface area contributed by atoms with Gasteiger partial charge in [0.2, 0.25) is 0 Å². The summed E-state index contributed by atoms with van der Waals surface area (Å²) in [5.74, 6) is -0.0867. The Labute approximate surface area is 146 Å². The molecule has 24 heavy (non-hydrogen) atoms. The van der Waals surface area contributed by atoms with E-state index in [9.17, 15) is 4.79 Å². The van der Waals surface area contributed by atoms with Crippen molar-refractivity contribution >= 4 is 22.2 Å². The quantitative estimate of drug-likeness (QED) is 0.840. The van der Waals surface area contributed by atoms with Gasteiger partial charge in [-0.3, -0.25) is 9.69 Å². The van der Waals surface area contributed by atoms with Crippen molar-refractivity contribution in [3.63, 3.8) is 0 Å². The fourth-order valence-corrected chi connectivity index (χ4v) is 3.73. The summed E-state index contributed by atoms with van der Waals surface area (Å²) in [7, 11) is 0. The molecular weight excluding hydrogens is 322 g/mol. The van der Waals surface area contributed by atoms with Gasteiger partial charge in [-0.15, -0.1) is 11.3 Å². The molecule has 1 aliphatic rings. The SMILES string of the molecule is Nc1sc(Cc2ccccc2)cc1C(=O)NCCN1CCOCC1. The minimum absolute atomic E-state index is 0.0867. The first-order valence-corrected chi connectivity index (χ1v) is 9.04. The number of carbonyl (C=O) groups is 1. The minimum atomic E-state index is -0.0867. The molecule has 6 heteroatoms. The van der Waals surface area contributed by atoms with Gasteiger partial charge in [-0.2, -0.15) is 0 Å². The molecule has 1 aromatic heterocycles. The summed E-state index contributed by atoms with van der Waals surface area (Å²) in [6, 6.07) is 12.1. The second-order valence-electron chi connectivity index (χ2n) is 5.86. The van der Waals surface area contributed by atoms with Crippen molar-refractivity contribution in [1.82, 2.24) is 10.2 Å². The first-order valence-electron chi connectivity index (χ1n) is 8.23. The molecule has 3 rings (SSSR count). The van der Waals surface area contributed by atoms with Gasteiger partial charge in [-0.25, -0.2) is 0 Å². The Morgan fingerprint density at radius 1 is 1.25 bits per heavy atom. The third-order valence-corrected chi connectivity index (χ3v) is 5.06. The number of nitrogens with one attached hydrogen (secondary N) is 1. The number of benzene rings is 1. The van der Waals surface area contributed by atoms with E-state index in [-0.39, 0.29) is 5.91 Å². The summed E-state index contributed by atoms with van der Waals surface area (Å²) in [5.41, 5.74) is 7.85. The molecule has 1 saturated heterocycles. The predicted molar refractivity (Wildman–Crippen MR) is 97.6 cm³/mol. The number of nitrogens with two attached hydrogens (primary N) is 1. The zero-order chi connectivity index (χ0) is 16.8. The van der Waals surface area contributed by atoms with Crippen LogP contribution in [0.25, 0.3) is 0 Å². The first-order chi connectivity index (χ1) is 11.7. The van der Waals surface area contributed by atoms with Crippen molar-refractivity contribution < 1.29 is 9.53 Å². The number of ether oxygens (including phenoxy) is 1. The molecule has 0 spiro atoms. The third kappa shape index (κ3) is 4.56. The van der Waals surface area contributed by atoms with E-state index in [1.54, 1.807) is 0 Å². The molecule has 0 radical (unpaired) electrons. The van der Waals surface area contributed by atoms with Crippen LogP contribution in [0.2, 0.25) is 0 Å². The monoisotopic (exact) mass is 345 g/mol. The van der Waals surface area contributed by atoms with Crippen molar-refractivity contribution in [3.05, 3.63) is 52.4 Å². The van der Waals surface area contributed by atoms with E-state index in [1.165, 1.54) is 16.9 Å². The molecule has 1 amide bonds. The van der Waals surface area contributed by atoms with Crippen LogP contribution in [0, 0.1) is 0 Å². The van der Waals surface area contributed by atoms with Crippen LogP contribution in [0.1, 0.15) is 20.8 Å². The van der Waals surface area contributed by atoms with Gasteiger partial charge in [0.25, 0.3) is 5.91 Å². The van der Waals surface area contributed by atoms with Crippen LogP contribution >= 0.6 is 11.3 Å². The van der Waals surface area contributed by atoms with Gasteiger partial charge in [-0.05, 0) is 11.6 Å². The van der Waals surface area contributed by atoms with Crippen molar-refractivity contribution in [1.29, 1.82) is 0 Å². The highest BCUT2D eigenvalue weighted by Crippen LogP contribution is 2.27. The highest BCUT2D eigenvalue weighted by molar-refractivity contribution is 7.16. The van der Waals surface area contributed by atoms with Gasteiger partial charge < -0.3 is 15.8 Å². The Morgan fingerprint density at radius 3 is 2.75 bits per heavy atom. The number of amides is 1. The predicted octanol–water partition coefficient (Wildman–Crippen LogP) is 1.98. The zero-order valence-electron chi connectivity index (χ0n) is 13.7. The lowest BCUT2D eigenvalue weighted by atomic mass is 10.1. The minimum Gasteiger partial charge on any atom is -0.390 e. The van der Waals surface area contributed by atoms with Crippen molar-refractivity contribution in [2.45, 2.75) is 6.42 Å². The Hall–Kier alpha value is -1.89. The van der Waals surface area contributed by atoms with Crippen molar-refractivity contribution in [3.8, 4) is 0 Å². The molecule has 0 aliphatic carbocycles. The second-order valence-corrected chi connectivity index (χ2v) is 7.03. The lowest BCUT2D eigenvalue weighted by molar-refractivity contribution is 0.0383. The van der Waals surface area contributed by atoms with E-state index in [1.807, 2.05) is 24.3 Å². The van der Waals surface area contributed by atoms with E-state index in [4.69, 9.17) is 10.5 Å². The van der Waals surface area contributed by atoms with Crippen LogP contribution < -0.4 is 11.1 Å². The molecule has 0 unspecified atom stereocenters. The number of hydrogen-bond acceptors (Lipinski definition) is 5. The van der Waals surface area contributed by atoms with Crippen molar-refractivity contribution in [2.24, 2.45) is 0 Å². The number of rotatable bonds is 6. The highest BCUT2D eigenvalue weighted by atomic mass is 32.1. The maximum absolute atomic E-state index is 12.3. The molecule has 0 bridgehead atoms. The molecule has 0 atom stereocenters. The summed E-state index contributed by atoms with van der Waals surface area (Å²) in [6.45, 7) is 4.87. The molecule has 2 heterocycles. The van der Waals surface area contributed by atoms with Gasteiger partial charge in [0.15, 0.2) is 0 Å². The van der Waals surface area contributed by atoms with Crippen LogP contribution in [-0.4, -0.2) is 50.2 Å². The lowest BCUT2D eigenvalue weighted by Crippen LogP contribution is -2.41. The average Bonchev–Trinajstić information content (AvgIpc) is 2.97. The number of thiophene rings is 1. The number of carbonyl (C=O) groups excluding carboxylic acids is 1. The fourth-order valence-electron chi connectivity index (χ4n) is 2.77. The number of anilines is 1. The van der Waals surface area contributed by atoms with Crippen LogP contribution in [0.15, 0.2) is 36.4 Å². The molecule has 128 valence electrons. The summed E-state index contributed by atoms with van der Waals surface area (Å²) in [6.07, 6.45) is 0.802. The van der Waals surface area contributed by atoms with Crippen LogP contribution in [0.5, 0.6) is 0 Å². The maximum atomic E-state index is 12.3. The van der Waals surface area contributed by atoms with Gasteiger partial charge in [0.1, 0.15) is 0 Å². The lowest BCUT2D eigenvalue weighted by Gasteiger charge is -2.26. The van der Waals surface area contributed by atoms with E-state index < -0.39 is 0 Å².